The van der Waals surface area contributed by atoms with Crippen LogP contribution in [0.5, 0.6) is 0 Å². The van der Waals surface area contributed by atoms with Crippen molar-refractivity contribution in [2.75, 3.05) is 13.1 Å². The first-order valence-electron chi connectivity index (χ1n) is 8.86. The van der Waals surface area contributed by atoms with Crippen molar-refractivity contribution in [1.29, 1.82) is 0 Å². The van der Waals surface area contributed by atoms with Crippen molar-refractivity contribution in [1.82, 2.24) is 4.90 Å². The van der Waals surface area contributed by atoms with E-state index in [9.17, 15) is 4.79 Å². The van der Waals surface area contributed by atoms with Gasteiger partial charge in [-0.15, -0.1) is 11.3 Å². The Bertz CT molecular complexity index is 709. The summed E-state index contributed by atoms with van der Waals surface area (Å²) in [5.74, 6) is 0.250. The van der Waals surface area contributed by atoms with Gasteiger partial charge in [0.1, 0.15) is 0 Å². The molecule has 128 valence electrons. The van der Waals surface area contributed by atoms with Gasteiger partial charge in [0.05, 0.1) is 12.1 Å². The van der Waals surface area contributed by atoms with Gasteiger partial charge in [-0.05, 0) is 54.8 Å². The number of benzene rings is 1. The molecule has 0 bridgehead atoms. The molecular formula is C20H27N2OS+. The van der Waals surface area contributed by atoms with E-state index in [-0.39, 0.29) is 11.9 Å². The zero-order chi connectivity index (χ0) is 17.1. The highest BCUT2D eigenvalue weighted by molar-refractivity contribution is 7.10. The van der Waals surface area contributed by atoms with E-state index in [2.05, 4.69) is 66.7 Å². The molecule has 0 aliphatic carbocycles. The number of fused-ring (bicyclic) bond motifs is 1. The number of carbonyl (C=O) groups is 1. The second-order valence-corrected chi connectivity index (χ2v) is 7.72. The monoisotopic (exact) mass is 343 g/mol. The first kappa shape index (κ1) is 17.2. The molecule has 1 amide bonds. The molecule has 2 heterocycles. The van der Waals surface area contributed by atoms with Crippen LogP contribution in [0.4, 0.5) is 0 Å². The molecule has 1 aliphatic rings. The third-order valence-corrected chi connectivity index (χ3v) is 6.10. The number of amides is 1. The van der Waals surface area contributed by atoms with Crippen molar-refractivity contribution >= 4 is 17.2 Å². The van der Waals surface area contributed by atoms with Gasteiger partial charge in [0.2, 0.25) is 0 Å². The molecule has 0 saturated heterocycles. The lowest BCUT2D eigenvalue weighted by atomic mass is 9.90. The molecule has 1 aliphatic heterocycles. The van der Waals surface area contributed by atoms with Crippen LogP contribution in [0.15, 0.2) is 35.7 Å². The minimum absolute atomic E-state index is 0.0685. The maximum Gasteiger partial charge on any atom is 0.278 e. The van der Waals surface area contributed by atoms with Crippen molar-refractivity contribution in [2.24, 2.45) is 0 Å². The lowest BCUT2D eigenvalue weighted by Crippen LogP contribution is -2.91. The highest BCUT2D eigenvalue weighted by Gasteiger charge is 2.33. The van der Waals surface area contributed by atoms with Crippen LogP contribution in [-0.2, 0) is 11.2 Å². The molecule has 0 fully saturated rings. The molecule has 2 N–H and O–H groups in total. The maximum atomic E-state index is 12.9. The SMILES string of the molecule is CC[C@@H](C)[NH2+]CC(=O)N1CCc2sccc2[C@H]1c1ccccc1C. The first-order valence-corrected chi connectivity index (χ1v) is 9.74. The zero-order valence-corrected chi connectivity index (χ0v) is 15.6. The third-order valence-electron chi connectivity index (χ3n) is 5.11. The minimum atomic E-state index is 0.0685. The van der Waals surface area contributed by atoms with Crippen LogP contribution >= 0.6 is 11.3 Å². The van der Waals surface area contributed by atoms with Gasteiger partial charge in [-0.1, -0.05) is 31.2 Å². The van der Waals surface area contributed by atoms with Gasteiger partial charge in [0, 0.05) is 11.4 Å². The number of nitrogens with two attached hydrogens (primary N) is 1. The van der Waals surface area contributed by atoms with Gasteiger partial charge in [-0.25, -0.2) is 0 Å². The highest BCUT2D eigenvalue weighted by Crippen LogP contribution is 2.38. The summed E-state index contributed by atoms with van der Waals surface area (Å²) in [7, 11) is 0. The summed E-state index contributed by atoms with van der Waals surface area (Å²) < 4.78 is 0. The molecule has 24 heavy (non-hydrogen) atoms. The van der Waals surface area contributed by atoms with Gasteiger partial charge in [-0.2, -0.15) is 0 Å². The van der Waals surface area contributed by atoms with Gasteiger partial charge >= 0.3 is 0 Å². The largest absolute Gasteiger partial charge is 0.336 e. The summed E-state index contributed by atoms with van der Waals surface area (Å²) in [6, 6.07) is 11.2. The van der Waals surface area contributed by atoms with Crippen LogP contribution in [0.2, 0.25) is 0 Å². The molecule has 1 aromatic carbocycles. The summed E-state index contributed by atoms with van der Waals surface area (Å²) in [5.41, 5.74) is 3.83. The molecule has 2 atom stereocenters. The Morgan fingerprint density at radius 3 is 2.88 bits per heavy atom. The van der Waals surface area contributed by atoms with E-state index in [1.54, 1.807) is 0 Å². The first-order chi connectivity index (χ1) is 11.6. The number of rotatable bonds is 5. The Morgan fingerprint density at radius 2 is 2.12 bits per heavy atom. The fourth-order valence-electron chi connectivity index (χ4n) is 3.40. The van der Waals surface area contributed by atoms with E-state index in [4.69, 9.17) is 0 Å². The van der Waals surface area contributed by atoms with Crippen LogP contribution in [0.1, 0.15) is 47.9 Å². The number of hydrogen-bond donors (Lipinski definition) is 1. The van der Waals surface area contributed by atoms with E-state index in [0.29, 0.717) is 12.6 Å². The molecule has 0 spiro atoms. The number of nitrogens with zero attached hydrogens (tertiary/aromatic N) is 1. The van der Waals surface area contributed by atoms with Gasteiger partial charge in [0.15, 0.2) is 6.54 Å². The lowest BCUT2D eigenvalue weighted by Gasteiger charge is -2.36. The van der Waals surface area contributed by atoms with Crippen molar-refractivity contribution in [3.05, 3.63) is 57.3 Å². The number of hydrogen-bond acceptors (Lipinski definition) is 2. The Hall–Kier alpha value is -1.65. The van der Waals surface area contributed by atoms with E-state index in [0.717, 1.165) is 19.4 Å². The molecular weight excluding hydrogens is 316 g/mol. The molecule has 3 nitrogen and oxygen atoms in total. The number of thiophene rings is 1. The average molecular weight is 344 g/mol. The normalized spacial score (nSPS) is 18.3. The lowest BCUT2D eigenvalue weighted by molar-refractivity contribution is -0.676. The van der Waals surface area contributed by atoms with E-state index in [1.165, 1.54) is 21.6 Å². The fourth-order valence-corrected chi connectivity index (χ4v) is 4.30. The average Bonchev–Trinajstić information content (AvgIpc) is 3.07. The van der Waals surface area contributed by atoms with Crippen molar-refractivity contribution < 1.29 is 10.1 Å². The van der Waals surface area contributed by atoms with Crippen LogP contribution < -0.4 is 5.32 Å². The zero-order valence-electron chi connectivity index (χ0n) is 14.8. The summed E-state index contributed by atoms with van der Waals surface area (Å²) in [4.78, 5) is 16.5. The quantitative estimate of drug-likeness (QED) is 0.890. The third kappa shape index (κ3) is 3.40. The summed E-state index contributed by atoms with van der Waals surface area (Å²) >= 11 is 1.82. The Balaban J connectivity index is 1.91. The predicted molar refractivity (Wildman–Crippen MR) is 99.3 cm³/mol. The predicted octanol–water partition coefficient (Wildman–Crippen LogP) is 2.89. The topological polar surface area (TPSA) is 36.9 Å². The molecule has 2 aromatic rings. The van der Waals surface area contributed by atoms with Gasteiger partial charge in [-0.3, -0.25) is 4.79 Å². The van der Waals surface area contributed by atoms with Crippen LogP contribution in [0, 0.1) is 6.92 Å². The van der Waals surface area contributed by atoms with Gasteiger partial charge in [0.25, 0.3) is 5.91 Å². The van der Waals surface area contributed by atoms with Crippen molar-refractivity contribution in [3.8, 4) is 0 Å². The Morgan fingerprint density at radius 1 is 1.33 bits per heavy atom. The number of quaternary nitrogens is 1. The van der Waals surface area contributed by atoms with E-state index >= 15 is 0 Å². The van der Waals surface area contributed by atoms with Crippen LogP contribution in [0.3, 0.4) is 0 Å². The summed E-state index contributed by atoms with van der Waals surface area (Å²) in [6.07, 6.45) is 2.06. The summed E-state index contributed by atoms with van der Waals surface area (Å²) in [6.45, 7) is 7.85. The van der Waals surface area contributed by atoms with Crippen LogP contribution in [-0.4, -0.2) is 29.9 Å². The second-order valence-electron chi connectivity index (χ2n) is 6.72. The maximum absolute atomic E-state index is 12.9. The fraction of sp³-hybridized carbons (Fsp3) is 0.450. The van der Waals surface area contributed by atoms with Crippen LogP contribution in [0.25, 0.3) is 0 Å². The smallest absolute Gasteiger partial charge is 0.278 e. The number of aryl methyl sites for hydroxylation is 1. The standard InChI is InChI=1S/C20H26N2OS/c1-4-15(3)21-13-19(23)22-11-9-18-17(10-12-24-18)20(22)16-8-6-5-7-14(16)2/h5-8,10,12,15,20-21H,4,9,11,13H2,1-3H3/p+1/t15-,20-/m1/s1. The van der Waals surface area contributed by atoms with E-state index in [1.807, 2.05) is 11.3 Å². The van der Waals surface area contributed by atoms with Crippen molar-refractivity contribution in [2.45, 2.75) is 45.7 Å². The Kier molecular flexibility index (Phi) is 5.36. The number of carbonyl (C=O) groups excluding carboxylic acids is 1. The summed E-state index contributed by atoms with van der Waals surface area (Å²) in [5, 5.41) is 4.33. The molecule has 0 saturated carbocycles. The molecule has 3 rings (SSSR count). The van der Waals surface area contributed by atoms with Gasteiger partial charge < -0.3 is 10.2 Å². The second kappa shape index (κ2) is 7.49. The van der Waals surface area contributed by atoms with E-state index < -0.39 is 0 Å². The molecule has 4 heteroatoms. The molecule has 0 unspecified atom stereocenters. The molecule has 1 aromatic heterocycles. The van der Waals surface area contributed by atoms with Crippen molar-refractivity contribution in [3.63, 3.8) is 0 Å². The Labute approximate surface area is 148 Å². The molecule has 0 radical (unpaired) electrons. The minimum Gasteiger partial charge on any atom is -0.336 e. The highest BCUT2D eigenvalue weighted by atomic mass is 32.1.